The van der Waals surface area contributed by atoms with Gasteiger partial charge in [-0.1, -0.05) is 24.0 Å². The van der Waals surface area contributed by atoms with Crippen molar-refractivity contribution in [3.8, 4) is 0 Å². The van der Waals surface area contributed by atoms with Crippen LogP contribution in [0.3, 0.4) is 0 Å². The Morgan fingerprint density at radius 1 is 1.80 bits per heavy atom. The lowest BCUT2D eigenvalue weighted by atomic mass is 10.4. The third-order valence-electron chi connectivity index (χ3n) is 1.38. The molecule has 0 aromatic heterocycles. The molecule has 1 aliphatic rings. The minimum atomic E-state index is 0.172. The van der Waals surface area contributed by atoms with E-state index in [4.69, 9.17) is 12.2 Å². The summed E-state index contributed by atoms with van der Waals surface area (Å²) in [5.74, 6) is 1.03. The maximum Gasteiger partial charge on any atom is 0.228 e. The molecule has 2 nitrogen and oxygen atoms in total. The summed E-state index contributed by atoms with van der Waals surface area (Å²) in [5, 5.41) is 0. The highest BCUT2D eigenvalue weighted by atomic mass is 32.2. The number of hydrogen-bond donors (Lipinski definition) is 0. The van der Waals surface area contributed by atoms with Gasteiger partial charge in [0.2, 0.25) is 5.91 Å². The van der Waals surface area contributed by atoms with E-state index in [1.54, 1.807) is 16.7 Å². The van der Waals surface area contributed by atoms with Crippen LogP contribution in [-0.2, 0) is 4.79 Å². The topological polar surface area (TPSA) is 20.3 Å². The number of hydrogen-bond acceptors (Lipinski definition) is 3. The molecule has 0 aromatic carbocycles. The zero-order valence-electron chi connectivity index (χ0n) is 5.79. The van der Waals surface area contributed by atoms with Gasteiger partial charge in [-0.2, -0.15) is 0 Å². The maximum atomic E-state index is 11.1. The Morgan fingerprint density at radius 2 is 2.50 bits per heavy atom. The molecule has 0 aliphatic carbocycles. The number of rotatable bonds is 1. The number of carbonyl (C=O) groups excluding carboxylic acids is 1. The van der Waals surface area contributed by atoms with Gasteiger partial charge >= 0.3 is 0 Å². The van der Waals surface area contributed by atoms with Crippen molar-refractivity contribution in [2.45, 2.75) is 13.3 Å². The Kier molecular flexibility index (Phi) is 2.68. The van der Waals surface area contributed by atoms with E-state index in [1.807, 2.05) is 6.92 Å². The van der Waals surface area contributed by atoms with E-state index in [-0.39, 0.29) is 5.91 Å². The van der Waals surface area contributed by atoms with Crippen molar-refractivity contribution >= 4 is 34.2 Å². The molecule has 0 spiro atoms. The quantitative estimate of drug-likeness (QED) is 0.560. The van der Waals surface area contributed by atoms with Gasteiger partial charge in [-0.25, -0.2) is 0 Å². The summed E-state index contributed by atoms with van der Waals surface area (Å²) >= 11 is 6.56. The first-order chi connectivity index (χ1) is 4.75. The van der Waals surface area contributed by atoms with E-state index in [1.165, 1.54) is 0 Å². The molecular formula is C6H9NOS2. The normalized spacial score (nSPS) is 19.9. The summed E-state index contributed by atoms with van der Waals surface area (Å²) in [6.07, 6.45) is 0.638. The monoisotopic (exact) mass is 175 g/mol. The summed E-state index contributed by atoms with van der Waals surface area (Å²) in [5.41, 5.74) is 0. The SMILES string of the molecule is CCN1C(=O)CCSC1=S. The van der Waals surface area contributed by atoms with Crippen molar-refractivity contribution in [3.05, 3.63) is 0 Å². The molecule has 1 heterocycles. The Morgan fingerprint density at radius 3 is 2.90 bits per heavy atom. The highest BCUT2D eigenvalue weighted by Crippen LogP contribution is 2.17. The predicted molar refractivity (Wildman–Crippen MR) is 47.1 cm³/mol. The molecule has 0 aromatic rings. The number of nitrogens with zero attached hydrogens (tertiary/aromatic N) is 1. The molecule has 1 saturated heterocycles. The Balaban J connectivity index is 2.62. The van der Waals surface area contributed by atoms with Gasteiger partial charge in [0.05, 0.1) is 0 Å². The minimum Gasteiger partial charge on any atom is -0.298 e. The van der Waals surface area contributed by atoms with Crippen molar-refractivity contribution in [1.82, 2.24) is 4.90 Å². The minimum absolute atomic E-state index is 0.172. The molecule has 0 atom stereocenters. The van der Waals surface area contributed by atoms with Gasteiger partial charge in [0.1, 0.15) is 4.32 Å². The fraction of sp³-hybridized carbons (Fsp3) is 0.667. The van der Waals surface area contributed by atoms with Crippen LogP contribution in [0.1, 0.15) is 13.3 Å². The van der Waals surface area contributed by atoms with Crippen LogP contribution < -0.4 is 0 Å². The number of thiocarbonyl (C=S) groups is 1. The summed E-state index contributed by atoms with van der Waals surface area (Å²) in [7, 11) is 0. The predicted octanol–water partition coefficient (Wildman–Crippen LogP) is 1.26. The van der Waals surface area contributed by atoms with E-state index in [0.717, 1.165) is 10.1 Å². The summed E-state index contributed by atoms with van der Waals surface area (Å²) in [4.78, 5) is 12.7. The Bertz CT molecular complexity index is 153. The molecule has 1 fully saturated rings. The zero-order chi connectivity index (χ0) is 7.56. The van der Waals surface area contributed by atoms with Crippen LogP contribution in [0, 0.1) is 0 Å². The van der Waals surface area contributed by atoms with E-state index >= 15 is 0 Å². The molecular weight excluding hydrogens is 166 g/mol. The molecule has 1 amide bonds. The van der Waals surface area contributed by atoms with Gasteiger partial charge in [0, 0.05) is 18.7 Å². The molecule has 10 heavy (non-hydrogen) atoms. The average molecular weight is 175 g/mol. The van der Waals surface area contributed by atoms with Crippen molar-refractivity contribution in [2.75, 3.05) is 12.3 Å². The van der Waals surface area contributed by atoms with Crippen LogP contribution in [0.15, 0.2) is 0 Å². The van der Waals surface area contributed by atoms with E-state index in [2.05, 4.69) is 0 Å². The van der Waals surface area contributed by atoms with Gasteiger partial charge < -0.3 is 0 Å². The molecule has 0 saturated carbocycles. The largest absolute Gasteiger partial charge is 0.298 e. The molecule has 1 aliphatic heterocycles. The smallest absolute Gasteiger partial charge is 0.228 e. The highest BCUT2D eigenvalue weighted by molar-refractivity contribution is 8.23. The second kappa shape index (κ2) is 3.34. The van der Waals surface area contributed by atoms with E-state index in [0.29, 0.717) is 13.0 Å². The van der Waals surface area contributed by atoms with Crippen LogP contribution in [0.4, 0.5) is 0 Å². The number of thioether (sulfide) groups is 1. The molecule has 0 bridgehead atoms. The lowest BCUT2D eigenvalue weighted by molar-refractivity contribution is -0.126. The maximum absolute atomic E-state index is 11.1. The van der Waals surface area contributed by atoms with Crippen molar-refractivity contribution in [2.24, 2.45) is 0 Å². The van der Waals surface area contributed by atoms with Gasteiger partial charge in [0.25, 0.3) is 0 Å². The highest BCUT2D eigenvalue weighted by Gasteiger charge is 2.21. The van der Waals surface area contributed by atoms with Crippen LogP contribution in [0.25, 0.3) is 0 Å². The molecule has 0 unspecified atom stereocenters. The first kappa shape index (κ1) is 8.01. The molecule has 1 rings (SSSR count). The van der Waals surface area contributed by atoms with Crippen molar-refractivity contribution in [3.63, 3.8) is 0 Å². The number of carbonyl (C=O) groups is 1. The van der Waals surface area contributed by atoms with Crippen LogP contribution in [0.5, 0.6) is 0 Å². The first-order valence-corrected chi connectivity index (χ1v) is 4.62. The lowest BCUT2D eigenvalue weighted by Crippen LogP contribution is -2.37. The van der Waals surface area contributed by atoms with Crippen LogP contribution in [-0.4, -0.2) is 27.4 Å². The third kappa shape index (κ3) is 1.49. The standard InChI is InChI=1S/C6H9NOS2/c1-2-7-5(8)3-4-10-6(7)9/h2-4H2,1H3. The molecule has 4 heteroatoms. The lowest BCUT2D eigenvalue weighted by Gasteiger charge is -2.24. The number of amides is 1. The zero-order valence-corrected chi connectivity index (χ0v) is 7.43. The van der Waals surface area contributed by atoms with Crippen LogP contribution >= 0.6 is 24.0 Å². The van der Waals surface area contributed by atoms with Gasteiger partial charge in [-0.05, 0) is 6.92 Å². The van der Waals surface area contributed by atoms with E-state index < -0.39 is 0 Å². The van der Waals surface area contributed by atoms with Crippen LogP contribution in [0.2, 0.25) is 0 Å². The fourth-order valence-electron chi connectivity index (χ4n) is 0.846. The molecule has 0 N–H and O–H groups in total. The van der Waals surface area contributed by atoms with Gasteiger partial charge in [0.15, 0.2) is 0 Å². The Labute approximate surface area is 70.0 Å². The summed E-state index contributed by atoms with van der Waals surface area (Å²) in [6.45, 7) is 2.65. The third-order valence-corrected chi connectivity index (χ3v) is 2.83. The second-order valence-corrected chi connectivity index (χ2v) is 3.73. The fourth-order valence-corrected chi connectivity index (χ4v) is 2.16. The summed E-state index contributed by atoms with van der Waals surface area (Å²) in [6, 6.07) is 0. The molecule has 0 radical (unpaired) electrons. The van der Waals surface area contributed by atoms with Crippen molar-refractivity contribution < 1.29 is 4.79 Å². The first-order valence-electron chi connectivity index (χ1n) is 3.23. The Hall–Kier alpha value is -0.0900. The van der Waals surface area contributed by atoms with Crippen molar-refractivity contribution in [1.29, 1.82) is 0 Å². The van der Waals surface area contributed by atoms with Gasteiger partial charge in [-0.3, -0.25) is 9.69 Å². The molecule has 56 valence electrons. The van der Waals surface area contributed by atoms with Gasteiger partial charge in [-0.15, -0.1) is 0 Å². The van der Waals surface area contributed by atoms with E-state index in [9.17, 15) is 4.79 Å². The second-order valence-electron chi connectivity index (χ2n) is 2.00. The summed E-state index contributed by atoms with van der Waals surface area (Å²) < 4.78 is 0.735. The average Bonchev–Trinajstić information content (AvgIpc) is 1.88.